The number of hydrogen-bond donors (Lipinski definition) is 0. The number of rotatable bonds is 2. The molecule has 0 bridgehead atoms. The van der Waals surface area contributed by atoms with E-state index in [1.54, 1.807) is 0 Å². The predicted molar refractivity (Wildman–Crippen MR) is 108 cm³/mol. The van der Waals surface area contributed by atoms with Crippen molar-refractivity contribution in [2.75, 3.05) is 13.1 Å². The third-order valence-corrected chi connectivity index (χ3v) is 6.75. The van der Waals surface area contributed by atoms with Crippen molar-refractivity contribution in [3.63, 3.8) is 0 Å². The van der Waals surface area contributed by atoms with E-state index < -0.39 is 66.4 Å². The Labute approximate surface area is 211 Å². The van der Waals surface area contributed by atoms with Crippen molar-refractivity contribution < 1.29 is 62.2 Å². The van der Waals surface area contributed by atoms with Crippen LogP contribution in [0.15, 0.2) is 60.7 Å². The Morgan fingerprint density at radius 3 is 1.03 bits per heavy atom. The molecule has 0 amide bonds. The van der Waals surface area contributed by atoms with E-state index >= 15 is 0 Å². The summed E-state index contributed by atoms with van der Waals surface area (Å²) in [4.78, 5) is 0.0652. The van der Waals surface area contributed by atoms with Crippen molar-refractivity contribution in [3.8, 4) is 0 Å². The van der Waals surface area contributed by atoms with Crippen LogP contribution in [0.3, 0.4) is 0 Å². The second kappa shape index (κ2) is 7.96. The molecule has 0 aliphatic carbocycles. The van der Waals surface area contributed by atoms with Gasteiger partial charge in [0.25, 0.3) is 11.2 Å². The third kappa shape index (κ3) is 3.56. The molecular weight excluding hydrogens is 564 g/mol. The van der Waals surface area contributed by atoms with E-state index in [1.165, 1.54) is 60.7 Å². The number of halogens is 12. The summed E-state index contributed by atoms with van der Waals surface area (Å²) >= 11 is 0. The largest absolute Gasteiger partial charge is 0.428 e. The Morgan fingerprint density at radius 2 is 0.769 bits per heavy atom. The topological polar surface area (TPSA) is 24.9 Å². The second-order valence-electron chi connectivity index (χ2n) is 9.00. The van der Waals surface area contributed by atoms with Crippen molar-refractivity contribution in [1.82, 2.24) is 9.80 Å². The van der Waals surface area contributed by atoms with Gasteiger partial charge in [0.15, 0.2) is 0 Å². The summed E-state index contributed by atoms with van der Waals surface area (Å²) in [6.45, 7) is -4.49. The number of alkyl halides is 12. The van der Waals surface area contributed by atoms with E-state index in [4.69, 9.17) is 0 Å². The summed E-state index contributed by atoms with van der Waals surface area (Å²) in [5.74, 6) is 0. The minimum atomic E-state index is -6.32. The highest BCUT2D eigenvalue weighted by molar-refractivity contribution is 5.92. The van der Waals surface area contributed by atoms with Gasteiger partial charge in [0.1, 0.15) is 0 Å². The average molecular weight is 578 g/mol. The molecule has 3 aliphatic heterocycles. The SMILES string of the molecule is FC(F)(F)C1(C(F)(F)F)CN2C(c3ccccc3)=C(c3ccccc3)N3CC(C(F)(F)F)(C(F)(F)F)OC23O1. The van der Waals surface area contributed by atoms with Crippen LogP contribution in [0.4, 0.5) is 52.7 Å². The van der Waals surface area contributed by atoms with Crippen LogP contribution in [0.2, 0.25) is 0 Å². The van der Waals surface area contributed by atoms with Crippen molar-refractivity contribution in [3.05, 3.63) is 71.8 Å². The summed E-state index contributed by atoms with van der Waals surface area (Å²) in [5, 5.41) is 0. The van der Waals surface area contributed by atoms with Gasteiger partial charge in [-0.2, -0.15) is 52.7 Å². The molecular formula is C23H14F12N2O2. The van der Waals surface area contributed by atoms with Crippen LogP contribution in [-0.2, 0) is 9.47 Å². The smallest absolute Gasteiger partial charge is 0.296 e. The molecule has 3 aliphatic rings. The van der Waals surface area contributed by atoms with Crippen LogP contribution in [0.25, 0.3) is 11.4 Å². The molecule has 5 rings (SSSR count). The highest BCUT2D eigenvalue weighted by Gasteiger charge is 2.89. The lowest BCUT2D eigenvalue weighted by molar-refractivity contribution is -0.453. The Morgan fingerprint density at radius 1 is 0.487 bits per heavy atom. The summed E-state index contributed by atoms with van der Waals surface area (Å²) in [5.41, 5.74) is -11.7. The minimum Gasteiger partial charge on any atom is -0.296 e. The van der Waals surface area contributed by atoms with E-state index in [-0.39, 0.29) is 20.9 Å². The molecule has 3 heterocycles. The van der Waals surface area contributed by atoms with Gasteiger partial charge in [-0.05, 0) is 0 Å². The lowest BCUT2D eigenvalue weighted by Crippen LogP contribution is -2.62. The number of nitrogens with zero attached hydrogens (tertiary/aromatic N) is 2. The highest BCUT2D eigenvalue weighted by Crippen LogP contribution is 2.66. The van der Waals surface area contributed by atoms with E-state index in [0.717, 1.165) is 0 Å². The molecule has 16 heteroatoms. The molecule has 0 atom stereocenters. The molecule has 0 saturated carbocycles. The summed E-state index contributed by atoms with van der Waals surface area (Å²) in [7, 11) is 0. The fraction of sp³-hybridized carbons (Fsp3) is 0.391. The molecule has 0 aromatic heterocycles. The van der Waals surface area contributed by atoms with Gasteiger partial charge in [-0.15, -0.1) is 0 Å². The third-order valence-electron chi connectivity index (χ3n) is 6.75. The fourth-order valence-corrected chi connectivity index (χ4v) is 4.94. The Balaban J connectivity index is 1.86. The first-order valence-corrected chi connectivity index (χ1v) is 10.9. The maximum absolute atomic E-state index is 14.1. The lowest BCUT2D eigenvalue weighted by Gasteiger charge is -2.37. The molecule has 0 unspecified atom stereocenters. The minimum absolute atomic E-state index is 0.0326. The summed E-state index contributed by atoms with van der Waals surface area (Å²) < 4.78 is 178. The Bertz CT molecular complexity index is 1160. The van der Waals surface area contributed by atoms with Crippen LogP contribution >= 0.6 is 0 Å². The summed E-state index contributed by atoms with van der Waals surface area (Å²) in [6.07, 6.45) is -25.3. The maximum atomic E-state index is 14.1. The molecule has 4 nitrogen and oxygen atoms in total. The van der Waals surface area contributed by atoms with Crippen LogP contribution in [-0.4, -0.2) is 64.8 Å². The van der Waals surface area contributed by atoms with E-state index in [2.05, 4.69) is 9.47 Å². The second-order valence-corrected chi connectivity index (χ2v) is 9.00. The monoisotopic (exact) mass is 578 g/mol. The standard InChI is InChI=1S/C23H14F12N2O2/c24-19(25,26)17(20(27,28)29)11-36-15(13-7-3-1-4-8-13)16(14-9-5-2-6-10-14)37-12-18(21(30,31)32,22(33,34)35)39-23(36,37)38-17/h1-10H,11-12H2. The van der Waals surface area contributed by atoms with E-state index in [1.807, 2.05) is 0 Å². The molecule has 2 aromatic carbocycles. The van der Waals surface area contributed by atoms with Crippen molar-refractivity contribution in [1.29, 1.82) is 0 Å². The number of benzene rings is 2. The zero-order valence-corrected chi connectivity index (χ0v) is 18.9. The predicted octanol–water partition coefficient (Wildman–Crippen LogP) is 6.53. The van der Waals surface area contributed by atoms with Crippen LogP contribution in [0.1, 0.15) is 11.1 Å². The van der Waals surface area contributed by atoms with Gasteiger partial charge in [0.2, 0.25) is 0 Å². The van der Waals surface area contributed by atoms with Gasteiger partial charge < -0.3 is 0 Å². The van der Waals surface area contributed by atoms with Gasteiger partial charge >= 0.3 is 30.7 Å². The zero-order valence-electron chi connectivity index (χ0n) is 18.9. The van der Waals surface area contributed by atoms with Crippen LogP contribution < -0.4 is 0 Å². The Hall–Kier alpha value is -3.14. The molecule has 39 heavy (non-hydrogen) atoms. The zero-order chi connectivity index (χ0) is 28.9. The Kier molecular flexibility index (Phi) is 5.60. The van der Waals surface area contributed by atoms with Gasteiger partial charge in [-0.3, -0.25) is 19.3 Å². The quantitative estimate of drug-likeness (QED) is 0.379. The molecule has 1 spiro atoms. The lowest BCUT2D eigenvalue weighted by atomic mass is 9.99. The first-order chi connectivity index (χ1) is 17.8. The molecule has 2 fully saturated rings. The average Bonchev–Trinajstić information content (AvgIpc) is 3.41. The molecule has 212 valence electrons. The first-order valence-electron chi connectivity index (χ1n) is 10.9. The number of ether oxygens (including phenoxy) is 2. The molecule has 0 radical (unpaired) electrons. The van der Waals surface area contributed by atoms with Gasteiger partial charge in [-0.25, -0.2) is 0 Å². The fourth-order valence-electron chi connectivity index (χ4n) is 4.94. The maximum Gasteiger partial charge on any atom is 0.428 e. The van der Waals surface area contributed by atoms with E-state index in [9.17, 15) is 52.7 Å². The van der Waals surface area contributed by atoms with Crippen LogP contribution in [0, 0.1) is 0 Å². The van der Waals surface area contributed by atoms with Crippen LogP contribution in [0.5, 0.6) is 0 Å². The number of hydrogen-bond acceptors (Lipinski definition) is 4. The highest BCUT2D eigenvalue weighted by atomic mass is 19.4. The van der Waals surface area contributed by atoms with Gasteiger partial charge in [0.05, 0.1) is 24.5 Å². The normalized spacial score (nSPS) is 22.4. The molecule has 2 aromatic rings. The van der Waals surface area contributed by atoms with Crippen molar-refractivity contribution in [2.45, 2.75) is 41.9 Å². The first kappa shape index (κ1) is 27.4. The molecule has 2 saturated heterocycles. The van der Waals surface area contributed by atoms with Gasteiger partial charge in [-0.1, -0.05) is 60.7 Å². The van der Waals surface area contributed by atoms with Gasteiger partial charge in [0, 0.05) is 11.1 Å². The van der Waals surface area contributed by atoms with Crippen molar-refractivity contribution >= 4 is 11.4 Å². The summed E-state index contributed by atoms with van der Waals surface area (Å²) in [6, 6.07) is 9.13. The van der Waals surface area contributed by atoms with E-state index in [0.29, 0.717) is 0 Å². The molecule has 0 N–H and O–H groups in total. The van der Waals surface area contributed by atoms with Crippen molar-refractivity contribution in [2.24, 2.45) is 0 Å².